The number of benzene rings is 1. The van der Waals surface area contributed by atoms with E-state index in [9.17, 15) is 4.79 Å². The maximum absolute atomic E-state index is 12.1. The topological polar surface area (TPSA) is 62.1 Å². The van der Waals surface area contributed by atoms with Crippen molar-refractivity contribution in [3.63, 3.8) is 0 Å². The lowest BCUT2D eigenvalue weighted by Gasteiger charge is -2.12. The molecule has 0 unspecified atom stereocenters. The lowest BCUT2D eigenvalue weighted by atomic mass is 10.3. The summed E-state index contributed by atoms with van der Waals surface area (Å²) in [6.07, 6.45) is 1.31. The molecule has 0 bridgehead atoms. The number of hydrogen-bond donors (Lipinski definition) is 0. The summed E-state index contributed by atoms with van der Waals surface area (Å²) in [5, 5.41) is 0. The molecule has 1 aromatic carbocycles. The van der Waals surface area contributed by atoms with Crippen molar-refractivity contribution in [2.24, 2.45) is 12.0 Å². The first-order chi connectivity index (χ1) is 10.2. The third-order valence-electron chi connectivity index (χ3n) is 3.06. The van der Waals surface area contributed by atoms with Crippen molar-refractivity contribution in [3.8, 4) is 5.75 Å². The Morgan fingerprint density at radius 2 is 2.29 bits per heavy atom. The quantitative estimate of drug-likeness (QED) is 0.845. The van der Waals surface area contributed by atoms with Gasteiger partial charge < -0.3 is 18.8 Å². The number of carbonyl (C=O) groups is 1. The van der Waals surface area contributed by atoms with Crippen LogP contribution in [0.5, 0.6) is 5.75 Å². The Bertz CT molecular complexity index is 788. The van der Waals surface area contributed by atoms with Gasteiger partial charge in [0.1, 0.15) is 30.7 Å². The van der Waals surface area contributed by atoms with Crippen LogP contribution in [0, 0.1) is 0 Å². The number of amides is 1. The maximum Gasteiger partial charge on any atom is 0.317 e. The fraction of sp³-hybridized carbons (Fsp3) is 0.286. The van der Waals surface area contributed by atoms with Gasteiger partial charge in [0.2, 0.25) is 5.76 Å². The highest BCUT2D eigenvalue weighted by Crippen LogP contribution is 2.26. The molecule has 1 aliphatic rings. The van der Waals surface area contributed by atoms with Crippen molar-refractivity contribution >= 4 is 27.5 Å². The Kier molecular flexibility index (Phi) is 3.66. The van der Waals surface area contributed by atoms with Crippen LogP contribution >= 0.6 is 11.3 Å². The third kappa shape index (κ3) is 2.52. The van der Waals surface area contributed by atoms with E-state index in [1.165, 1.54) is 17.6 Å². The molecule has 110 valence electrons. The Balaban J connectivity index is 2.08. The van der Waals surface area contributed by atoms with E-state index in [-0.39, 0.29) is 5.76 Å². The van der Waals surface area contributed by atoms with Crippen LogP contribution in [-0.2, 0) is 21.3 Å². The van der Waals surface area contributed by atoms with Crippen LogP contribution in [0.15, 0.2) is 35.2 Å². The highest BCUT2D eigenvalue weighted by molar-refractivity contribution is 7.16. The van der Waals surface area contributed by atoms with Crippen molar-refractivity contribution in [2.75, 3.05) is 20.3 Å². The number of thiazole rings is 1. The van der Waals surface area contributed by atoms with Crippen LogP contribution in [-0.4, -0.2) is 30.8 Å². The Morgan fingerprint density at radius 1 is 1.43 bits per heavy atom. The summed E-state index contributed by atoms with van der Waals surface area (Å²) in [5.74, 6) is 0.429. The van der Waals surface area contributed by atoms with Crippen molar-refractivity contribution < 1.29 is 19.0 Å². The number of hydrogen-bond acceptors (Lipinski definition) is 5. The van der Waals surface area contributed by atoms with E-state index in [2.05, 4.69) is 4.99 Å². The molecule has 2 aromatic rings. The Morgan fingerprint density at radius 3 is 3.00 bits per heavy atom. The molecule has 6 nitrogen and oxygen atoms in total. The van der Waals surface area contributed by atoms with E-state index in [1.54, 1.807) is 7.11 Å². The molecule has 1 aromatic heterocycles. The Labute approximate surface area is 124 Å². The lowest BCUT2D eigenvalue weighted by Crippen LogP contribution is -2.18. The molecule has 7 heteroatoms. The second-order valence-electron chi connectivity index (χ2n) is 4.37. The van der Waals surface area contributed by atoms with Gasteiger partial charge in [0.05, 0.1) is 11.8 Å². The molecule has 0 spiro atoms. The van der Waals surface area contributed by atoms with Crippen LogP contribution < -0.4 is 9.54 Å². The van der Waals surface area contributed by atoms with Gasteiger partial charge in [-0.1, -0.05) is 17.4 Å². The van der Waals surface area contributed by atoms with Crippen LogP contribution in [0.25, 0.3) is 10.2 Å². The number of nitrogens with zero attached hydrogens (tertiary/aromatic N) is 2. The van der Waals surface area contributed by atoms with Gasteiger partial charge in [-0.3, -0.25) is 4.79 Å². The van der Waals surface area contributed by atoms with Gasteiger partial charge in [-0.15, -0.1) is 0 Å². The van der Waals surface area contributed by atoms with Crippen LogP contribution in [0.4, 0.5) is 0 Å². The van der Waals surface area contributed by atoms with E-state index in [0.717, 1.165) is 16.0 Å². The van der Waals surface area contributed by atoms with Crippen LogP contribution in [0.3, 0.4) is 0 Å². The molecule has 0 fully saturated rings. The molecular formula is C14H14N2O4S. The number of aromatic nitrogens is 1. The van der Waals surface area contributed by atoms with E-state index in [0.29, 0.717) is 18.0 Å². The van der Waals surface area contributed by atoms with Crippen molar-refractivity contribution in [3.05, 3.63) is 35.0 Å². The zero-order valence-electron chi connectivity index (χ0n) is 11.7. The molecule has 2 heterocycles. The highest BCUT2D eigenvalue weighted by atomic mass is 32.1. The lowest BCUT2D eigenvalue weighted by molar-refractivity contribution is -0.119. The van der Waals surface area contributed by atoms with Gasteiger partial charge in [0.15, 0.2) is 4.80 Å². The minimum absolute atomic E-state index is 0.130. The second-order valence-corrected chi connectivity index (χ2v) is 5.38. The number of carbonyl (C=O) groups excluding carboxylic acids is 1. The maximum atomic E-state index is 12.1. The summed E-state index contributed by atoms with van der Waals surface area (Å²) in [6, 6.07) is 5.75. The monoisotopic (exact) mass is 306 g/mol. The molecule has 0 N–H and O–H groups in total. The number of methoxy groups -OCH3 is 1. The van der Waals surface area contributed by atoms with Gasteiger partial charge in [0.25, 0.3) is 0 Å². The number of ether oxygens (including phenoxy) is 3. The fourth-order valence-corrected chi connectivity index (χ4v) is 3.10. The first-order valence-electron chi connectivity index (χ1n) is 6.37. The first-order valence-corrected chi connectivity index (χ1v) is 7.18. The Hall–Kier alpha value is -2.28. The van der Waals surface area contributed by atoms with E-state index < -0.39 is 5.91 Å². The molecule has 21 heavy (non-hydrogen) atoms. The number of aryl methyl sites for hydroxylation is 1. The zero-order chi connectivity index (χ0) is 14.8. The average molecular weight is 306 g/mol. The summed E-state index contributed by atoms with van der Waals surface area (Å²) in [7, 11) is 3.46. The predicted molar refractivity (Wildman–Crippen MR) is 77.9 cm³/mol. The summed E-state index contributed by atoms with van der Waals surface area (Å²) in [4.78, 5) is 16.8. The highest BCUT2D eigenvalue weighted by Gasteiger charge is 2.15. The summed E-state index contributed by atoms with van der Waals surface area (Å²) >= 11 is 1.42. The molecule has 3 rings (SSSR count). The van der Waals surface area contributed by atoms with Crippen molar-refractivity contribution in [2.45, 2.75) is 0 Å². The van der Waals surface area contributed by atoms with Crippen molar-refractivity contribution in [1.82, 2.24) is 4.57 Å². The minimum Gasteiger partial charge on any atom is -0.495 e. The third-order valence-corrected chi connectivity index (χ3v) is 4.16. The molecular weight excluding hydrogens is 292 g/mol. The van der Waals surface area contributed by atoms with Gasteiger partial charge in [-0.25, -0.2) is 0 Å². The molecule has 1 amide bonds. The van der Waals surface area contributed by atoms with Crippen LogP contribution in [0.1, 0.15) is 0 Å². The van der Waals surface area contributed by atoms with E-state index >= 15 is 0 Å². The standard InChI is InChI=1S/C14H14N2O4S/c1-16-12-9(18-2)4-3-5-11(12)21-14(16)15-13(17)10-8-19-6-7-20-10/h3-5,8H,6-7H2,1-2H3. The second kappa shape index (κ2) is 5.61. The first kappa shape index (κ1) is 13.7. The summed E-state index contributed by atoms with van der Waals surface area (Å²) < 4.78 is 18.5. The summed E-state index contributed by atoms with van der Waals surface area (Å²) in [6.45, 7) is 0.810. The van der Waals surface area contributed by atoms with Crippen LogP contribution in [0.2, 0.25) is 0 Å². The number of rotatable bonds is 2. The molecule has 1 aliphatic heterocycles. The molecule has 0 saturated heterocycles. The fourth-order valence-electron chi connectivity index (χ4n) is 2.06. The number of fused-ring (bicyclic) bond motifs is 1. The largest absolute Gasteiger partial charge is 0.495 e. The smallest absolute Gasteiger partial charge is 0.317 e. The van der Waals surface area contributed by atoms with E-state index in [1.807, 2.05) is 29.8 Å². The summed E-state index contributed by atoms with van der Waals surface area (Å²) in [5.41, 5.74) is 0.909. The molecule has 0 aliphatic carbocycles. The average Bonchev–Trinajstić information content (AvgIpc) is 2.84. The van der Waals surface area contributed by atoms with E-state index in [4.69, 9.17) is 14.2 Å². The normalized spacial score (nSPS) is 15.3. The van der Waals surface area contributed by atoms with Gasteiger partial charge in [-0.2, -0.15) is 4.99 Å². The minimum atomic E-state index is -0.448. The number of para-hydroxylation sites is 1. The molecule has 0 radical (unpaired) electrons. The predicted octanol–water partition coefficient (Wildman–Crippen LogP) is 1.56. The van der Waals surface area contributed by atoms with Gasteiger partial charge >= 0.3 is 5.91 Å². The van der Waals surface area contributed by atoms with Crippen molar-refractivity contribution in [1.29, 1.82) is 0 Å². The SMILES string of the molecule is COc1cccc2sc(=NC(=O)C3=COCCO3)n(C)c12. The van der Waals surface area contributed by atoms with Gasteiger partial charge in [0, 0.05) is 7.05 Å². The van der Waals surface area contributed by atoms with Gasteiger partial charge in [-0.05, 0) is 12.1 Å². The molecule has 0 atom stereocenters. The zero-order valence-corrected chi connectivity index (χ0v) is 12.5. The molecule has 0 saturated carbocycles.